The lowest BCUT2D eigenvalue weighted by Gasteiger charge is -2.28. The molecule has 1 heteroatoms. The van der Waals surface area contributed by atoms with Crippen LogP contribution in [-0.4, -0.2) is 6.54 Å². The molecule has 1 unspecified atom stereocenters. The van der Waals surface area contributed by atoms with Crippen LogP contribution in [0.1, 0.15) is 51.2 Å². The van der Waals surface area contributed by atoms with E-state index in [-0.39, 0.29) is 5.41 Å². The monoisotopic (exact) mass is 231 g/mol. The quantitative estimate of drug-likeness (QED) is 0.831. The van der Waals surface area contributed by atoms with E-state index in [2.05, 4.69) is 37.8 Å². The van der Waals surface area contributed by atoms with E-state index in [1.54, 1.807) is 0 Å². The van der Waals surface area contributed by atoms with E-state index >= 15 is 0 Å². The average molecular weight is 231 g/mol. The molecule has 1 aliphatic carbocycles. The number of fused-ring (bicyclic) bond motifs is 1. The Balaban J connectivity index is 0.000000686. The second kappa shape index (κ2) is 6.02. The highest BCUT2D eigenvalue weighted by Gasteiger charge is 2.37. The summed E-state index contributed by atoms with van der Waals surface area (Å²) in [7, 11) is 0. The van der Waals surface area contributed by atoms with Crippen LogP contribution in [0.15, 0.2) is 30.8 Å². The molecule has 0 bridgehead atoms. The molecule has 0 fully saturated rings. The van der Waals surface area contributed by atoms with Crippen LogP contribution in [0.2, 0.25) is 0 Å². The van der Waals surface area contributed by atoms with Gasteiger partial charge in [-0.1, -0.05) is 51.6 Å². The molecule has 1 aromatic carbocycles. The highest BCUT2D eigenvalue weighted by Crippen LogP contribution is 2.48. The normalized spacial score (nSPS) is 21.8. The SMILES string of the molecule is C=C1CC(CC)(CCN)c2ccccc21.CC. The summed E-state index contributed by atoms with van der Waals surface area (Å²) in [6.07, 6.45) is 3.31. The van der Waals surface area contributed by atoms with Crippen LogP contribution in [0.25, 0.3) is 5.57 Å². The number of hydrogen-bond donors (Lipinski definition) is 1. The van der Waals surface area contributed by atoms with Crippen molar-refractivity contribution in [2.75, 3.05) is 6.54 Å². The topological polar surface area (TPSA) is 26.0 Å². The van der Waals surface area contributed by atoms with Crippen LogP contribution in [0.4, 0.5) is 0 Å². The standard InChI is InChI=1S/C14H19N.C2H6/c1-3-14(8-9-15)10-11(2)12-6-4-5-7-13(12)14;1-2/h4-7H,2-3,8-10,15H2,1H3;1-2H3. The Morgan fingerprint density at radius 2 is 1.94 bits per heavy atom. The van der Waals surface area contributed by atoms with Crippen molar-refractivity contribution in [1.82, 2.24) is 0 Å². The van der Waals surface area contributed by atoms with Crippen LogP contribution in [0.3, 0.4) is 0 Å². The Bertz CT molecular complexity index is 381. The van der Waals surface area contributed by atoms with Crippen molar-refractivity contribution in [1.29, 1.82) is 0 Å². The third-order valence-corrected chi connectivity index (χ3v) is 3.73. The van der Waals surface area contributed by atoms with Gasteiger partial charge in [-0.3, -0.25) is 0 Å². The van der Waals surface area contributed by atoms with Crippen molar-refractivity contribution in [2.45, 2.75) is 45.4 Å². The van der Waals surface area contributed by atoms with Gasteiger partial charge in [0.05, 0.1) is 0 Å². The third kappa shape index (κ3) is 2.44. The molecule has 0 saturated carbocycles. The first-order valence-corrected chi connectivity index (χ1v) is 6.71. The Kier molecular flexibility index (Phi) is 4.95. The molecule has 0 radical (unpaired) electrons. The highest BCUT2D eigenvalue weighted by atomic mass is 14.6. The van der Waals surface area contributed by atoms with E-state index < -0.39 is 0 Å². The summed E-state index contributed by atoms with van der Waals surface area (Å²) >= 11 is 0. The summed E-state index contributed by atoms with van der Waals surface area (Å²) in [4.78, 5) is 0. The van der Waals surface area contributed by atoms with Gasteiger partial charge in [0.15, 0.2) is 0 Å². The molecule has 1 nitrogen and oxygen atoms in total. The first-order chi connectivity index (χ1) is 8.23. The van der Waals surface area contributed by atoms with Gasteiger partial charge in [-0.2, -0.15) is 0 Å². The van der Waals surface area contributed by atoms with Crippen molar-refractivity contribution >= 4 is 5.57 Å². The van der Waals surface area contributed by atoms with Gasteiger partial charge in [0.1, 0.15) is 0 Å². The molecule has 1 aromatic rings. The molecule has 0 saturated heterocycles. The van der Waals surface area contributed by atoms with Crippen LogP contribution in [0, 0.1) is 0 Å². The number of hydrogen-bond acceptors (Lipinski definition) is 1. The van der Waals surface area contributed by atoms with Crippen molar-refractivity contribution in [2.24, 2.45) is 5.73 Å². The second-order valence-corrected chi connectivity index (χ2v) is 4.50. The maximum Gasteiger partial charge on any atom is 0.000872 e. The highest BCUT2D eigenvalue weighted by molar-refractivity contribution is 5.74. The lowest BCUT2D eigenvalue weighted by molar-refractivity contribution is 0.407. The fourth-order valence-corrected chi connectivity index (χ4v) is 2.84. The average Bonchev–Trinajstić information content (AvgIpc) is 2.67. The van der Waals surface area contributed by atoms with Crippen molar-refractivity contribution in [3.05, 3.63) is 42.0 Å². The van der Waals surface area contributed by atoms with Gasteiger partial charge >= 0.3 is 0 Å². The summed E-state index contributed by atoms with van der Waals surface area (Å²) in [5.41, 5.74) is 10.1. The molecule has 1 atom stereocenters. The molecule has 17 heavy (non-hydrogen) atoms. The van der Waals surface area contributed by atoms with Gasteiger partial charge in [-0.15, -0.1) is 0 Å². The molecule has 2 N–H and O–H groups in total. The Labute approximate surface area is 106 Å². The van der Waals surface area contributed by atoms with E-state index in [9.17, 15) is 0 Å². The first-order valence-electron chi connectivity index (χ1n) is 6.71. The van der Waals surface area contributed by atoms with Gasteiger partial charge < -0.3 is 5.73 Å². The van der Waals surface area contributed by atoms with Gasteiger partial charge in [0.25, 0.3) is 0 Å². The van der Waals surface area contributed by atoms with Crippen molar-refractivity contribution in [3.63, 3.8) is 0 Å². The Morgan fingerprint density at radius 1 is 1.29 bits per heavy atom. The van der Waals surface area contributed by atoms with Gasteiger partial charge in [0, 0.05) is 5.41 Å². The molecule has 0 spiro atoms. The largest absolute Gasteiger partial charge is 0.330 e. The zero-order chi connectivity index (χ0) is 12.9. The van der Waals surface area contributed by atoms with Crippen molar-refractivity contribution < 1.29 is 0 Å². The maximum absolute atomic E-state index is 5.74. The zero-order valence-corrected chi connectivity index (χ0v) is 11.4. The van der Waals surface area contributed by atoms with Crippen molar-refractivity contribution in [3.8, 4) is 0 Å². The summed E-state index contributed by atoms with van der Waals surface area (Å²) in [6.45, 7) is 11.2. The molecule has 0 aromatic heterocycles. The molecular formula is C16H25N. The fraction of sp³-hybridized carbons (Fsp3) is 0.500. The molecular weight excluding hydrogens is 206 g/mol. The minimum absolute atomic E-state index is 0.266. The molecule has 94 valence electrons. The smallest absolute Gasteiger partial charge is 0.000872 e. The summed E-state index contributed by atoms with van der Waals surface area (Å²) in [5.74, 6) is 0. The Morgan fingerprint density at radius 3 is 2.53 bits per heavy atom. The first kappa shape index (κ1) is 14.0. The number of benzene rings is 1. The maximum atomic E-state index is 5.74. The summed E-state index contributed by atoms with van der Waals surface area (Å²) in [6, 6.07) is 8.65. The van der Waals surface area contributed by atoms with E-state index in [0.29, 0.717) is 0 Å². The van der Waals surface area contributed by atoms with Gasteiger partial charge in [-0.25, -0.2) is 0 Å². The van der Waals surface area contributed by atoms with Crippen LogP contribution < -0.4 is 5.73 Å². The minimum atomic E-state index is 0.266. The van der Waals surface area contributed by atoms with Crippen LogP contribution >= 0.6 is 0 Å². The predicted molar refractivity (Wildman–Crippen MR) is 77.1 cm³/mol. The molecule has 0 heterocycles. The van der Waals surface area contributed by atoms with E-state index in [1.807, 2.05) is 13.8 Å². The van der Waals surface area contributed by atoms with E-state index in [0.717, 1.165) is 25.8 Å². The Hall–Kier alpha value is -1.08. The lowest BCUT2D eigenvalue weighted by atomic mass is 9.76. The molecule has 0 aliphatic heterocycles. The summed E-state index contributed by atoms with van der Waals surface area (Å²) < 4.78 is 0. The molecule has 1 aliphatic rings. The van der Waals surface area contributed by atoms with Crippen LogP contribution in [0.5, 0.6) is 0 Å². The molecule has 0 amide bonds. The second-order valence-electron chi connectivity index (χ2n) is 4.50. The number of rotatable bonds is 3. The molecule has 2 rings (SSSR count). The number of allylic oxidation sites excluding steroid dienone is 1. The van der Waals surface area contributed by atoms with E-state index in [1.165, 1.54) is 16.7 Å². The fourth-order valence-electron chi connectivity index (χ4n) is 2.84. The van der Waals surface area contributed by atoms with E-state index in [4.69, 9.17) is 5.73 Å². The summed E-state index contributed by atoms with van der Waals surface area (Å²) in [5, 5.41) is 0. The zero-order valence-electron chi connectivity index (χ0n) is 11.4. The van der Waals surface area contributed by atoms with Crippen LogP contribution in [-0.2, 0) is 5.41 Å². The lowest BCUT2D eigenvalue weighted by Crippen LogP contribution is -2.25. The predicted octanol–water partition coefficient (Wildman–Crippen LogP) is 4.13. The third-order valence-electron chi connectivity index (χ3n) is 3.73. The van der Waals surface area contributed by atoms with Gasteiger partial charge in [-0.05, 0) is 42.5 Å². The minimum Gasteiger partial charge on any atom is -0.330 e. The number of nitrogens with two attached hydrogens (primary N) is 1. The van der Waals surface area contributed by atoms with Gasteiger partial charge in [0.2, 0.25) is 0 Å².